The number of amides is 1. The van der Waals surface area contributed by atoms with E-state index in [-0.39, 0.29) is 5.69 Å². The van der Waals surface area contributed by atoms with E-state index < -0.39 is 28.4 Å². The van der Waals surface area contributed by atoms with Gasteiger partial charge in [0, 0.05) is 10.2 Å². The summed E-state index contributed by atoms with van der Waals surface area (Å²) < 4.78 is 39.3. The van der Waals surface area contributed by atoms with Crippen LogP contribution in [0.15, 0.2) is 22.7 Å². The smallest absolute Gasteiger partial charge is 0.297 e. The third-order valence-electron chi connectivity index (χ3n) is 3.48. The van der Waals surface area contributed by atoms with Gasteiger partial charge in [-0.1, -0.05) is 15.9 Å². The second-order valence-electron chi connectivity index (χ2n) is 5.30. The van der Waals surface area contributed by atoms with Crippen molar-refractivity contribution in [3.8, 4) is 0 Å². The van der Waals surface area contributed by atoms with E-state index in [0.29, 0.717) is 14.9 Å². The lowest BCUT2D eigenvalue weighted by molar-refractivity contribution is -0.171. The lowest BCUT2D eigenvalue weighted by Crippen LogP contribution is -2.60. The van der Waals surface area contributed by atoms with Gasteiger partial charge in [0.2, 0.25) is 0 Å². The molecule has 0 fully saturated rings. The molecule has 0 saturated heterocycles. The number of carbonyl (C=O) groups excluding carboxylic acids is 1. The molecule has 0 N–H and O–H groups in total. The van der Waals surface area contributed by atoms with Crippen LogP contribution in [0.25, 0.3) is 0 Å². The van der Waals surface area contributed by atoms with E-state index in [9.17, 15) is 18.0 Å². The molecule has 2 rings (SSSR count). The zero-order valence-corrected chi connectivity index (χ0v) is 14.1. The topological polar surface area (TPSA) is 20.3 Å². The van der Waals surface area contributed by atoms with E-state index in [1.54, 1.807) is 12.1 Å². The summed E-state index contributed by atoms with van der Waals surface area (Å²) in [5, 5.41) is -1.57. The van der Waals surface area contributed by atoms with Crippen molar-refractivity contribution in [1.82, 2.24) is 0 Å². The van der Waals surface area contributed by atoms with Crippen LogP contribution in [0.2, 0.25) is 0 Å². The number of hydrogen-bond acceptors (Lipinski definition) is 1. The van der Waals surface area contributed by atoms with Gasteiger partial charge in [-0.15, -0.1) is 23.2 Å². The van der Waals surface area contributed by atoms with Crippen molar-refractivity contribution in [2.45, 2.75) is 36.3 Å². The summed E-state index contributed by atoms with van der Waals surface area (Å²) in [5.41, 5.74) is -0.758. The number of anilines is 1. The van der Waals surface area contributed by atoms with Crippen LogP contribution in [0.3, 0.4) is 0 Å². The molecule has 1 aromatic carbocycles. The molecule has 0 aliphatic carbocycles. The molecule has 1 aromatic rings. The molecule has 8 heteroatoms. The van der Waals surface area contributed by atoms with Crippen molar-refractivity contribution in [1.29, 1.82) is 0 Å². The Morgan fingerprint density at radius 3 is 2.43 bits per heavy atom. The van der Waals surface area contributed by atoms with Crippen molar-refractivity contribution in [2.24, 2.45) is 0 Å². The van der Waals surface area contributed by atoms with Crippen LogP contribution in [0.1, 0.15) is 24.8 Å². The van der Waals surface area contributed by atoms with Crippen molar-refractivity contribution in [3.05, 3.63) is 28.2 Å². The predicted molar refractivity (Wildman–Crippen MR) is 80.0 cm³/mol. The van der Waals surface area contributed by atoms with Gasteiger partial charge in [-0.05, 0) is 37.6 Å². The molecular weight excluding hydrogens is 394 g/mol. The fourth-order valence-electron chi connectivity index (χ4n) is 2.40. The summed E-state index contributed by atoms with van der Waals surface area (Å²) in [6.07, 6.45) is -4.99. The molecule has 0 spiro atoms. The monoisotopic (exact) mass is 403 g/mol. The van der Waals surface area contributed by atoms with E-state index in [1.807, 2.05) is 0 Å². The highest BCUT2D eigenvalue weighted by molar-refractivity contribution is 9.10. The van der Waals surface area contributed by atoms with Gasteiger partial charge in [-0.3, -0.25) is 9.69 Å². The first kappa shape index (κ1) is 16.9. The standard InChI is InChI=1S/C13H11BrCl2F3NO/c1-12(2)10(16)9(15)7-5-6(14)3-4-8(7)20(12)11(21)13(17,18)19/h3-5,9-10H,1-2H3/t9-,10-/m1/s1. The second-order valence-corrected chi connectivity index (χ2v) is 7.15. The number of nitrogens with zero attached hydrogens (tertiary/aromatic N) is 1. The van der Waals surface area contributed by atoms with Gasteiger partial charge in [0.1, 0.15) is 0 Å². The molecular formula is C13H11BrCl2F3NO. The summed E-state index contributed by atoms with van der Waals surface area (Å²) in [5.74, 6) is -1.95. The van der Waals surface area contributed by atoms with Gasteiger partial charge < -0.3 is 0 Å². The average Bonchev–Trinajstić information content (AvgIpc) is 2.36. The second kappa shape index (κ2) is 5.32. The van der Waals surface area contributed by atoms with E-state index in [4.69, 9.17) is 23.2 Å². The largest absolute Gasteiger partial charge is 0.471 e. The quantitative estimate of drug-likeness (QED) is 0.555. The van der Waals surface area contributed by atoms with Crippen molar-refractivity contribution < 1.29 is 18.0 Å². The maximum absolute atomic E-state index is 12.9. The van der Waals surface area contributed by atoms with Gasteiger partial charge in [0.05, 0.1) is 16.3 Å². The molecule has 0 unspecified atom stereocenters. The van der Waals surface area contributed by atoms with Crippen molar-refractivity contribution >= 4 is 50.7 Å². The first-order chi connectivity index (χ1) is 9.48. The summed E-state index contributed by atoms with van der Waals surface area (Å²) in [6.45, 7) is 2.93. The number of alkyl halides is 5. The van der Waals surface area contributed by atoms with E-state index >= 15 is 0 Å². The summed E-state index contributed by atoms with van der Waals surface area (Å²) in [6, 6.07) is 4.57. The maximum Gasteiger partial charge on any atom is 0.471 e. The lowest BCUT2D eigenvalue weighted by atomic mass is 9.85. The summed E-state index contributed by atoms with van der Waals surface area (Å²) in [7, 11) is 0. The van der Waals surface area contributed by atoms with Crippen LogP contribution in [0.5, 0.6) is 0 Å². The predicted octanol–water partition coefficient (Wildman–Crippen LogP) is 5.02. The zero-order chi connectivity index (χ0) is 16.2. The fraction of sp³-hybridized carbons (Fsp3) is 0.462. The van der Waals surface area contributed by atoms with Gasteiger partial charge in [-0.2, -0.15) is 13.2 Å². The Bertz CT molecular complexity index is 591. The van der Waals surface area contributed by atoms with Gasteiger partial charge >= 0.3 is 12.1 Å². The van der Waals surface area contributed by atoms with Crippen LogP contribution in [0.4, 0.5) is 18.9 Å². The SMILES string of the molecule is CC1(C)[C@H](Cl)[C@H](Cl)c2cc(Br)ccc2N1C(=O)C(F)(F)F. The Kier molecular flexibility index (Phi) is 4.28. The Labute approximate surface area is 138 Å². The Hall–Kier alpha value is -0.460. The highest BCUT2D eigenvalue weighted by atomic mass is 79.9. The molecule has 1 amide bonds. The van der Waals surface area contributed by atoms with E-state index in [1.165, 1.54) is 19.9 Å². The molecule has 2 nitrogen and oxygen atoms in total. The molecule has 1 heterocycles. The molecule has 1 aliphatic heterocycles. The number of halogens is 6. The Morgan fingerprint density at radius 1 is 1.33 bits per heavy atom. The Balaban J connectivity index is 2.68. The average molecular weight is 405 g/mol. The van der Waals surface area contributed by atoms with Crippen molar-refractivity contribution in [3.63, 3.8) is 0 Å². The normalized spacial score (nSPS) is 24.7. The van der Waals surface area contributed by atoms with Crippen LogP contribution in [-0.4, -0.2) is 23.0 Å². The molecule has 116 valence electrons. The highest BCUT2D eigenvalue weighted by Crippen LogP contribution is 2.49. The number of fused-ring (bicyclic) bond motifs is 1. The lowest BCUT2D eigenvalue weighted by Gasteiger charge is -2.48. The summed E-state index contributed by atoms with van der Waals surface area (Å²) >= 11 is 15.7. The van der Waals surface area contributed by atoms with Crippen LogP contribution >= 0.6 is 39.1 Å². The Morgan fingerprint density at radius 2 is 1.90 bits per heavy atom. The van der Waals surface area contributed by atoms with Crippen LogP contribution in [0, 0.1) is 0 Å². The minimum Gasteiger partial charge on any atom is -0.297 e. The summed E-state index contributed by atoms with van der Waals surface area (Å²) in [4.78, 5) is 12.5. The minimum absolute atomic E-state index is 0.127. The maximum atomic E-state index is 12.9. The van der Waals surface area contributed by atoms with Gasteiger partial charge in [-0.25, -0.2) is 0 Å². The number of rotatable bonds is 0. The molecule has 0 saturated carbocycles. The number of carbonyl (C=O) groups is 1. The number of benzene rings is 1. The molecule has 21 heavy (non-hydrogen) atoms. The molecule has 0 aromatic heterocycles. The third kappa shape index (κ3) is 2.78. The van der Waals surface area contributed by atoms with E-state index in [2.05, 4.69) is 15.9 Å². The number of hydrogen-bond donors (Lipinski definition) is 0. The van der Waals surface area contributed by atoms with Gasteiger partial charge in [0.15, 0.2) is 0 Å². The minimum atomic E-state index is -4.99. The fourth-order valence-corrected chi connectivity index (χ4v) is 3.49. The van der Waals surface area contributed by atoms with E-state index in [0.717, 1.165) is 0 Å². The first-order valence-corrected chi connectivity index (χ1v) is 7.63. The first-order valence-electron chi connectivity index (χ1n) is 5.97. The molecule has 0 bridgehead atoms. The highest BCUT2D eigenvalue weighted by Gasteiger charge is 2.54. The zero-order valence-electron chi connectivity index (χ0n) is 11.0. The van der Waals surface area contributed by atoms with Gasteiger partial charge in [0.25, 0.3) is 0 Å². The van der Waals surface area contributed by atoms with Crippen molar-refractivity contribution in [2.75, 3.05) is 4.90 Å². The third-order valence-corrected chi connectivity index (χ3v) is 5.38. The van der Waals surface area contributed by atoms with Crippen LogP contribution in [-0.2, 0) is 4.79 Å². The molecule has 1 aliphatic rings. The molecule has 0 radical (unpaired) electrons. The molecule has 2 atom stereocenters. The van der Waals surface area contributed by atoms with Crippen LogP contribution < -0.4 is 4.90 Å².